The number of carbonyl (C=O) groups is 2. The number of fused-ring (bicyclic) bond motifs is 1. The molecule has 2 N–H and O–H groups in total. The summed E-state index contributed by atoms with van der Waals surface area (Å²) in [5, 5.41) is 13.3. The van der Waals surface area contributed by atoms with Gasteiger partial charge in [-0.1, -0.05) is 17.7 Å². The van der Waals surface area contributed by atoms with Gasteiger partial charge in [-0.25, -0.2) is 4.39 Å². The molecule has 0 aliphatic heterocycles. The molecule has 0 aliphatic rings. The molecule has 0 spiro atoms. The summed E-state index contributed by atoms with van der Waals surface area (Å²) in [6.45, 7) is 0.348. The van der Waals surface area contributed by atoms with Crippen LogP contribution in [0.1, 0.15) is 22.6 Å². The molecular formula is C17H15ClFN5O2. The average molecular weight is 376 g/mol. The first-order valence-corrected chi connectivity index (χ1v) is 8.21. The minimum Gasteiger partial charge on any atom is -0.351 e. The van der Waals surface area contributed by atoms with Crippen molar-refractivity contribution in [2.24, 2.45) is 0 Å². The zero-order valence-corrected chi connectivity index (χ0v) is 14.3. The van der Waals surface area contributed by atoms with Crippen molar-refractivity contribution < 1.29 is 14.0 Å². The van der Waals surface area contributed by atoms with Crippen molar-refractivity contribution in [3.05, 3.63) is 64.8 Å². The van der Waals surface area contributed by atoms with Gasteiger partial charge in [-0.3, -0.25) is 14.0 Å². The average Bonchev–Trinajstić information content (AvgIpc) is 3.03. The summed E-state index contributed by atoms with van der Waals surface area (Å²) in [7, 11) is 0. The number of aromatic nitrogens is 3. The van der Waals surface area contributed by atoms with Crippen molar-refractivity contribution in [1.82, 2.24) is 25.2 Å². The van der Waals surface area contributed by atoms with Gasteiger partial charge in [0.2, 0.25) is 5.91 Å². The van der Waals surface area contributed by atoms with Gasteiger partial charge in [0.05, 0.1) is 17.1 Å². The van der Waals surface area contributed by atoms with Crippen LogP contribution >= 0.6 is 11.6 Å². The maximum Gasteiger partial charge on any atom is 0.252 e. The monoisotopic (exact) mass is 375 g/mol. The lowest BCUT2D eigenvalue weighted by molar-refractivity contribution is -0.121. The number of hydrogen-bond acceptors (Lipinski definition) is 4. The Morgan fingerprint density at radius 3 is 2.81 bits per heavy atom. The number of hydrogen-bond donors (Lipinski definition) is 2. The van der Waals surface area contributed by atoms with Crippen LogP contribution in [0.15, 0.2) is 42.6 Å². The van der Waals surface area contributed by atoms with Gasteiger partial charge in [-0.15, -0.1) is 10.2 Å². The van der Waals surface area contributed by atoms with Crippen LogP contribution in [0.2, 0.25) is 5.02 Å². The van der Waals surface area contributed by atoms with Crippen LogP contribution in [0.5, 0.6) is 0 Å². The molecular weight excluding hydrogens is 361 g/mol. The Morgan fingerprint density at radius 1 is 1.15 bits per heavy atom. The topological polar surface area (TPSA) is 88.4 Å². The molecule has 0 bridgehead atoms. The maximum atomic E-state index is 13.0. The zero-order valence-electron chi connectivity index (χ0n) is 13.6. The molecule has 2 aromatic heterocycles. The van der Waals surface area contributed by atoms with E-state index >= 15 is 0 Å². The predicted molar refractivity (Wildman–Crippen MR) is 93.2 cm³/mol. The summed E-state index contributed by atoms with van der Waals surface area (Å²) in [5.74, 6) is -0.627. The molecule has 9 heteroatoms. The molecule has 3 aromatic rings. The van der Waals surface area contributed by atoms with Gasteiger partial charge in [-0.2, -0.15) is 0 Å². The van der Waals surface area contributed by atoms with Crippen molar-refractivity contribution in [3.63, 3.8) is 0 Å². The first kappa shape index (κ1) is 17.8. The fraction of sp³-hybridized carbons (Fsp3) is 0.176. The van der Waals surface area contributed by atoms with Crippen LogP contribution in [-0.4, -0.2) is 33.0 Å². The normalized spacial score (nSPS) is 10.7. The van der Waals surface area contributed by atoms with E-state index in [9.17, 15) is 14.0 Å². The number of rotatable bonds is 6. The third-order valence-corrected chi connectivity index (χ3v) is 3.95. The molecule has 7 nitrogen and oxygen atoms in total. The second-order valence-corrected chi connectivity index (χ2v) is 5.86. The first-order valence-electron chi connectivity index (χ1n) is 7.83. The fourth-order valence-corrected chi connectivity index (χ4v) is 2.59. The highest BCUT2D eigenvalue weighted by Crippen LogP contribution is 2.16. The molecule has 3 rings (SSSR count). The number of nitrogens with zero attached hydrogens (tertiary/aromatic N) is 3. The number of nitrogens with one attached hydrogen (secondary N) is 2. The molecule has 0 fully saturated rings. The van der Waals surface area contributed by atoms with Gasteiger partial charge in [0.25, 0.3) is 5.91 Å². The smallest absolute Gasteiger partial charge is 0.252 e. The highest BCUT2D eigenvalue weighted by atomic mass is 35.5. The van der Waals surface area contributed by atoms with Crippen LogP contribution in [-0.2, 0) is 11.3 Å². The van der Waals surface area contributed by atoms with Gasteiger partial charge in [0, 0.05) is 19.2 Å². The third-order valence-electron chi connectivity index (χ3n) is 3.64. The van der Waals surface area contributed by atoms with Crippen LogP contribution in [0.4, 0.5) is 4.39 Å². The molecule has 0 saturated heterocycles. The fourth-order valence-electron chi connectivity index (χ4n) is 2.34. The van der Waals surface area contributed by atoms with E-state index in [1.807, 2.05) is 24.4 Å². The lowest BCUT2D eigenvalue weighted by Crippen LogP contribution is -2.31. The van der Waals surface area contributed by atoms with Gasteiger partial charge >= 0.3 is 0 Å². The molecule has 0 unspecified atom stereocenters. The molecule has 1 aromatic carbocycles. The first-order chi connectivity index (χ1) is 12.5. The van der Waals surface area contributed by atoms with E-state index in [0.717, 1.165) is 12.1 Å². The Hall–Kier alpha value is -3.00. The molecule has 0 saturated carbocycles. The Balaban J connectivity index is 1.46. The summed E-state index contributed by atoms with van der Waals surface area (Å²) in [4.78, 5) is 23.9. The van der Waals surface area contributed by atoms with Crippen molar-refractivity contribution in [3.8, 4) is 0 Å². The van der Waals surface area contributed by atoms with Crippen molar-refractivity contribution in [2.75, 3.05) is 6.54 Å². The predicted octanol–water partition coefficient (Wildman–Crippen LogP) is 1.96. The molecule has 2 heterocycles. The standard InChI is InChI=1S/C17H15ClFN5O2/c18-13-9-11(19)4-5-12(13)17(26)20-7-6-16(25)21-10-15-23-22-14-3-1-2-8-24(14)15/h1-5,8-9H,6-7,10H2,(H,20,26)(H,21,25). The molecule has 134 valence electrons. The third kappa shape index (κ3) is 4.15. The number of amides is 2. The second kappa shape index (κ2) is 7.92. The van der Waals surface area contributed by atoms with E-state index in [0.29, 0.717) is 11.5 Å². The highest BCUT2D eigenvalue weighted by molar-refractivity contribution is 6.33. The zero-order chi connectivity index (χ0) is 18.5. The summed E-state index contributed by atoms with van der Waals surface area (Å²) in [6.07, 6.45) is 1.89. The van der Waals surface area contributed by atoms with Gasteiger partial charge in [-0.05, 0) is 30.3 Å². The minimum atomic E-state index is -0.521. The van der Waals surface area contributed by atoms with E-state index < -0.39 is 11.7 Å². The van der Waals surface area contributed by atoms with E-state index in [1.54, 1.807) is 4.40 Å². The largest absolute Gasteiger partial charge is 0.351 e. The summed E-state index contributed by atoms with van der Waals surface area (Å²) < 4.78 is 14.8. The molecule has 2 amide bonds. The van der Waals surface area contributed by atoms with Crippen LogP contribution in [0.25, 0.3) is 5.65 Å². The number of carbonyl (C=O) groups excluding carboxylic acids is 2. The number of halogens is 2. The summed E-state index contributed by atoms with van der Waals surface area (Å²) in [6, 6.07) is 9.01. The van der Waals surface area contributed by atoms with Crippen molar-refractivity contribution in [2.45, 2.75) is 13.0 Å². The van der Waals surface area contributed by atoms with E-state index in [4.69, 9.17) is 11.6 Å². The SMILES string of the molecule is O=C(CCNC(=O)c1ccc(F)cc1Cl)NCc1nnc2ccccn12. The Labute approximate surface area is 153 Å². The lowest BCUT2D eigenvalue weighted by atomic mass is 10.2. The highest BCUT2D eigenvalue weighted by Gasteiger charge is 2.12. The summed E-state index contributed by atoms with van der Waals surface area (Å²) in [5.41, 5.74) is 0.851. The van der Waals surface area contributed by atoms with Gasteiger partial charge in [0.1, 0.15) is 5.82 Å². The number of pyridine rings is 1. The van der Waals surface area contributed by atoms with Crippen LogP contribution in [0.3, 0.4) is 0 Å². The second-order valence-electron chi connectivity index (χ2n) is 5.45. The van der Waals surface area contributed by atoms with E-state index in [-0.39, 0.29) is 36.0 Å². The van der Waals surface area contributed by atoms with Gasteiger partial charge < -0.3 is 10.6 Å². The molecule has 26 heavy (non-hydrogen) atoms. The van der Waals surface area contributed by atoms with E-state index in [2.05, 4.69) is 20.8 Å². The van der Waals surface area contributed by atoms with Crippen LogP contribution < -0.4 is 10.6 Å². The van der Waals surface area contributed by atoms with Crippen LogP contribution in [0, 0.1) is 5.82 Å². The minimum absolute atomic E-state index is 0.0191. The quantitative estimate of drug-likeness (QED) is 0.689. The molecule has 0 aliphatic carbocycles. The summed E-state index contributed by atoms with van der Waals surface area (Å²) >= 11 is 5.83. The lowest BCUT2D eigenvalue weighted by Gasteiger charge is -2.07. The Kier molecular flexibility index (Phi) is 5.43. The Morgan fingerprint density at radius 2 is 2.00 bits per heavy atom. The van der Waals surface area contributed by atoms with E-state index in [1.165, 1.54) is 6.07 Å². The molecule has 0 atom stereocenters. The van der Waals surface area contributed by atoms with Gasteiger partial charge in [0.15, 0.2) is 11.5 Å². The number of benzene rings is 1. The van der Waals surface area contributed by atoms with Crippen molar-refractivity contribution in [1.29, 1.82) is 0 Å². The van der Waals surface area contributed by atoms with Crippen molar-refractivity contribution >= 4 is 29.1 Å². The Bertz CT molecular complexity index is 959. The molecule has 0 radical (unpaired) electrons. The maximum absolute atomic E-state index is 13.0.